The van der Waals surface area contributed by atoms with Gasteiger partial charge in [0.25, 0.3) is 0 Å². The summed E-state index contributed by atoms with van der Waals surface area (Å²) in [7, 11) is 0. The third-order valence-electron chi connectivity index (χ3n) is 3.54. The van der Waals surface area contributed by atoms with Crippen LogP contribution >= 0.6 is 0 Å². The second-order valence-corrected chi connectivity index (χ2v) is 5.48. The molecule has 3 aromatic rings. The van der Waals surface area contributed by atoms with E-state index in [0.717, 1.165) is 5.56 Å². The number of fused-ring (bicyclic) bond motifs is 1. The van der Waals surface area contributed by atoms with Gasteiger partial charge in [-0.2, -0.15) is 13.2 Å². The minimum absolute atomic E-state index is 0.0350. The molecule has 0 bridgehead atoms. The molecule has 0 saturated carbocycles. The number of alkyl halides is 3. The molecule has 3 rings (SSSR count). The van der Waals surface area contributed by atoms with Crippen LogP contribution in [-0.2, 0) is 6.18 Å². The monoisotopic (exact) mass is 346 g/mol. The van der Waals surface area contributed by atoms with Crippen LogP contribution in [0.1, 0.15) is 21.7 Å². The smallest absolute Gasteiger partial charge is 0.366 e. The number of aryl methyl sites for hydroxylation is 1. The minimum atomic E-state index is -4.66. The van der Waals surface area contributed by atoms with Crippen LogP contribution in [0, 0.1) is 6.92 Å². The van der Waals surface area contributed by atoms with Gasteiger partial charge in [0, 0.05) is 16.6 Å². The maximum absolute atomic E-state index is 13.1. The second-order valence-electron chi connectivity index (χ2n) is 5.48. The largest absolute Gasteiger partial charge is 0.451 e. The first kappa shape index (κ1) is 16.7. The first-order valence-corrected chi connectivity index (χ1v) is 7.26. The van der Waals surface area contributed by atoms with Crippen molar-refractivity contribution >= 4 is 28.3 Å². The molecule has 3 N–H and O–H groups in total. The first-order chi connectivity index (χ1) is 11.7. The van der Waals surface area contributed by atoms with E-state index in [-0.39, 0.29) is 11.3 Å². The lowest BCUT2D eigenvalue weighted by atomic mass is 10.1. The molecule has 1 amide bonds. The molecule has 0 radical (unpaired) electrons. The number of nitrogens with one attached hydrogen (secondary N) is 1. The lowest BCUT2D eigenvalue weighted by Crippen LogP contribution is -2.13. The van der Waals surface area contributed by atoms with Crippen LogP contribution < -0.4 is 11.1 Å². The van der Waals surface area contributed by atoms with Crippen LogP contribution in [0.3, 0.4) is 0 Å². The number of hydrogen-bond acceptors (Lipinski definition) is 4. The van der Waals surface area contributed by atoms with Crippen molar-refractivity contribution in [3.05, 3.63) is 59.4 Å². The number of hydrogen-bond donors (Lipinski definition) is 2. The van der Waals surface area contributed by atoms with Gasteiger partial charge < -0.3 is 11.1 Å². The molecule has 0 saturated heterocycles. The van der Waals surface area contributed by atoms with Gasteiger partial charge in [0.05, 0.1) is 5.52 Å². The minimum Gasteiger partial charge on any atom is -0.366 e. The van der Waals surface area contributed by atoms with E-state index in [9.17, 15) is 18.0 Å². The summed E-state index contributed by atoms with van der Waals surface area (Å²) >= 11 is 0. The number of carbonyl (C=O) groups is 1. The third-order valence-corrected chi connectivity index (χ3v) is 3.54. The van der Waals surface area contributed by atoms with Crippen LogP contribution in [0.2, 0.25) is 0 Å². The fraction of sp³-hybridized carbons (Fsp3) is 0.118. The molecule has 2 aromatic carbocycles. The van der Waals surface area contributed by atoms with Crippen LogP contribution in [0.15, 0.2) is 42.5 Å². The van der Waals surface area contributed by atoms with Gasteiger partial charge in [0.15, 0.2) is 0 Å². The Bertz CT molecular complexity index is 953. The van der Waals surface area contributed by atoms with E-state index < -0.39 is 17.9 Å². The Morgan fingerprint density at radius 1 is 1.08 bits per heavy atom. The zero-order chi connectivity index (χ0) is 18.2. The van der Waals surface area contributed by atoms with E-state index in [4.69, 9.17) is 5.73 Å². The van der Waals surface area contributed by atoms with E-state index in [0.29, 0.717) is 16.6 Å². The van der Waals surface area contributed by atoms with E-state index in [1.165, 1.54) is 30.3 Å². The number of aromatic nitrogens is 2. The average Bonchev–Trinajstić information content (AvgIpc) is 2.54. The lowest BCUT2D eigenvalue weighted by Gasteiger charge is -2.13. The molecule has 128 valence electrons. The Hall–Kier alpha value is -3.16. The highest BCUT2D eigenvalue weighted by molar-refractivity contribution is 5.94. The highest BCUT2D eigenvalue weighted by atomic mass is 19.4. The molecule has 0 unspecified atom stereocenters. The van der Waals surface area contributed by atoms with Crippen LogP contribution in [-0.4, -0.2) is 15.9 Å². The lowest BCUT2D eigenvalue weighted by molar-refractivity contribution is -0.144. The van der Waals surface area contributed by atoms with Gasteiger partial charge in [0.2, 0.25) is 11.7 Å². The van der Waals surface area contributed by atoms with E-state index >= 15 is 0 Å². The van der Waals surface area contributed by atoms with Crippen LogP contribution in [0.25, 0.3) is 10.9 Å². The average molecular weight is 346 g/mol. The zero-order valence-corrected chi connectivity index (χ0v) is 13.1. The maximum Gasteiger partial charge on any atom is 0.451 e. The summed E-state index contributed by atoms with van der Waals surface area (Å²) in [5, 5.41) is 3.31. The number of nitrogens with zero attached hydrogens (tertiary/aromatic N) is 2. The van der Waals surface area contributed by atoms with Crippen molar-refractivity contribution in [2.24, 2.45) is 5.73 Å². The highest BCUT2D eigenvalue weighted by Crippen LogP contribution is 2.31. The van der Waals surface area contributed by atoms with Gasteiger partial charge in [-0.15, -0.1) is 0 Å². The third kappa shape index (κ3) is 3.52. The molecule has 8 heteroatoms. The Morgan fingerprint density at radius 3 is 2.36 bits per heavy atom. The predicted molar refractivity (Wildman–Crippen MR) is 87.5 cm³/mol. The Kier molecular flexibility index (Phi) is 4.03. The molecule has 1 heterocycles. The second kappa shape index (κ2) is 6.04. The van der Waals surface area contributed by atoms with Crippen molar-refractivity contribution in [3.63, 3.8) is 0 Å². The molecule has 1 aromatic heterocycles. The van der Waals surface area contributed by atoms with Crippen molar-refractivity contribution in [1.29, 1.82) is 0 Å². The molecule has 5 nitrogen and oxygen atoms in total. The normalized spacial score (nSPS) is 11.5. The summed E-state index contributed by atoms with van der Waals surface area (Å²) in [5.74, 6) is -1.78. The van der Waals surface area contributed by atoms with Crippen molar-refractivity contribution < 1.29 is 18.0 Å². The Morgan fingerprint density at radius 2 is 1.76 bits per heavy atom. The summed E-state index contributed by atoms with van der Waals surface area (Å²) < 4.78 is 39.2. The number of amides is 1. The van der Waals surface area contributed by atoms with Gasteiger partial charge in [-0.05, 0) is 43.3 Å². The first-order valence-electron chi connectivity index (χ1n) is 7.26. The fourth-order valence-corrected chi connectivity index (χ4v) is 2.32. The van der Waals surface area contributed by atoms with E-state index in [1.807, 2.05) is 6.92 Å². The van der Waals surface area contributed by atoms with Gasteiger partial charge in [-0.25, -0.2) is 9.97 Å². The summed E-state index contributed by atoms with van der Waals surface area (Å²) in [5.41, 5.74) is 6.99. The summed E-state index contributed by atoms with van der Waals surface area (Å²) in [6.07, 6.45) is -4.66. The number of carbonyl (C=O) groups excluding carboxylic acids is 1. The topological polar surface area (TPSA) is 80.9 Å². The Balaban J connectivity index is 2.09. The quantitative estimate of drug-likeness (QED) is 0.756. The number of benzene rings is 2. The van der Waals surface area contributed by atoms with Crippen molar-refractivity contribution in [2.75, 3.05) is 5.32 Å². The van der Waals surface area contributed by atoms with Crippen LogP contribution in [0.5, 0.6) is 0 Å². The van der Waals surface area contributed by atoms with Crippen molar-refractivity contribution in [1.82, 2.24) is 9.97 Å². The van der Waals surface area contributed by atoms with Gasteiger partial charge in [-0.1, -0.05) is 11.6 Å². The molecule has 0 aliphatic carbocycles. The standard InChI is InChI=1S/C17H13F3N4O/c1-9-2-7-13-12(8-9)15(24-16(23-13)17(18,19)20)22-11-5-3-10(4-6-11)14(21)25/h2-8H,1H3,(H2,21,25)(H,22,23,24). The molecular formula is C17H13F3N4O. The molecule has 0 aliphatic rings. The number of primary amides is 1. The zero-order valence-electron chi connectivity index (χ0n) is 13.1. The molecule has 0 spiro atoms. The summed E-state index contributed by atoms with van der Waals surface area (Å²) in [6.45, 7) is 1.82. The van der Waals surface area contributed by atoms with E-state index in [2.05, 4.69) is 15.3 Å². The molecule has 0 aliphatic heterocycles. The number of anilines is 2. The summed E-state index contributed by atoms with van der Waals surface area (Å²) in [4.78, 5) is 18.3. The molecule has 25 heavy (non-hydrogen) atoms. The highest BCUT2D eigenvalue weighted by Gasteiger charge is 2.35. The molecular weight excluding hydrogens is 333 g/mol. The number of nitrogens with two attached hydrogens (primary N) is 1. The predicted octanol–water partition coefficient (Wildman–Crippen LogP) is 3.80. The number of halogens is 3. The van der Waals surface area contributed by atoms with Gasteiger partial charge in [0.1, 0.15) is 5.82 Å². The molecule has 0 fully saturated rings. The van der Waals surface area contributed by atoms with E-state index in [1.54, 1.807) is 12.1 Å². The van der Waals surface area contributed by atoms with Crippen LogP contribution in [0.4, 0.5) is 24.7 Å². The van der Waals surface area contributed by atoms with Gasteiger partial charge in [-0.3, -0.25) is 4.79 Å². The van der Waals surface area contributed by atoms with Crippen molar-refractivity contribution in [3.8, 4) is 0 Å². The Labute approximate surface area is 140 Å². The summed E-state index contributed by atoms with van der Waals surface area (Å²) in [6, 6.07) is 10.9. The molecule has 0 atom stereocenters. The fourth-order valence-electron chi connectivity index (χ4n) is 2.32. The number of rotatable bonds is 3. The van der Waals surface area contributed by atoms with Gasteiger partial charge >= 0.3 is 6.18 Å². The van der Waals surface area contributed by atoms with Crippen molar-refractivity contribution in [2.45, 2.75) is 13.1 Å². The maximum atomic E-state index is 13.1. The SMILES string of the molecule is Cc1ccc2nc(C(F)(F)F)nc(Nc3ccc(C(N)=O)cc3)c2c1.